The molecule has 1 saturated carbocycles. The zero-order valence-electron chi connectivity index (χ0n) is 13.3. The lowest BCUT2D eigenvalue weighted by Gasteiger charge is -2.29. The minimum Gasteiger partial charge on any atom is -0.496 e. The molecule has 0 radical (unpaired) electrons. The standard InChI is InChI=1S/C17H27NO2/c1-6-18-16(17(20-5)13-7-8-13)14-9-12(3)15(19-4)10-11(14)2/h9-10,13,16-18H,6-8H2,1-5H3. The van der Waals surface area contributed by atoms with Crippen LogP contribution in [0.25, 0.3) is 0 Å². The fourth-order valence-corrected chi connectivity index (χ4v) is 3.02. The zero-order chi connectivity index (χ0) is 14.7. The lowest BCUT2D eigenvalue weighted by atomic mass is 9.92. The van der Waals surface area contributed by atoms with Crippen LogP contribution in [0.3, 0.4) is 0 Å². The molecule has 0 spiro atoms. The van der Waals surface area contributed by atoms with Crippen LogP contribution in [-0.4, -0.2) is 26.9 Å². The average molecular weight is 277 g/mol. The largest absolute Gasteiger partial charge is 0.496 e. The van der Waals surface area contributed by atoms with Crippen LogP contribution in [0.5, 0.6) is 5.75 Å². The fraction of sp³-hybridized carbons (Fsp3) is 0.647. The zero-order valence-corrected chi connectivity index (χ0v) is 13.3. The summed E-state index contributed by atoms with van der Waals surface area (Å²) in [4.78, 5) is 0. The molecule has 0 heterocycles. The quantitative estimate of drug-likeness (QED) is 0.828. The number of methoxy groups -OCH3 is 2. The molecule has 3 nitrogen and oxygen atoms in total. The number of hydrogen-bond donors (Lipinski definition) is 1. The molecular formula is C17H27NO2. The second-order valence-electron chi connectivity index (χ2n) is 5.75. The van der Waals surface area contributed by atoms with E-state index in [0.717, 1.165) is 12.3 Å². The Labute approximate surface area is 122 Å². The maximum atomic E-state index is 5.80. The van der Waals surface area contributed by atoms with Crippen molar-refractivity contribution in [1.29, 1.82) is 0 Å². The molecule has 2 unspecified atom stereocenters. The molecule has 20 heavy (non-hydrogen) atoms. The lowest BCUT2D eigenvalue weighted by molar-refractivity contribution is 0.0509. The van der Waals surface area contributed by atoms with E-state index in [1.54, 1.807) is 7.11 Å². The number of rotatable bonds is 7. The van der Waals surface area contributed by atoms with E-state index in [-0.39, 0.29) is 12.1 Å². The van der Waals surface area contributed by atoms with Crippen molar-refractivity contribution in [3.63, 3.8) is 0 Å². The van der Waals surface area contributed by atoms with Gasteiger partial charge in [0.1, 0.15) is 5.75 Å². The monoisotopic (exact) mass is 277 g/mol. The summed E-state index contributed by atoms with van der Waals surface area (Å²) >= 11 is 0. The molecule has 0 aliphatic heterocycles. The molecule has 1 N–H and O–H groups in total. The Bertz CT molecular complexity index is 455. The molecular weight excluding hydrogens is 250 g/mol. The predicted octanol–water partition coefficient (Wildman–Crippen LogP) is 3.39. The number of likely N-dealkylation sites (N-methyl/N-ethyl adjacent to an activating group) is 1. The molecule has 1 aromatic rings. The highest BCUT2D eigenvalue weighted by Crippen LogP contribution is 2.41. The van der Waals surface area contributed by atoms with Crippen molar-refractivity contribution < 1.29 is 9.47 Å². The first-order valence-corrected chi connectivity index (χ1v) is 7.53. The maximum absolute atomic E-state index is 5.80. The van der Waals surface area contributed by atoms with E-state index in [9.17, 15) is 0 Å². The van der Waals surface area contributed by atoms with Gasteiger partial charge in [-0.25, -0.2) is 0 Å². The van der Waals surface area contributed by atoms with E-state index in [4.69, 9.17) is 9.47 Å². The summed E-state index contributed by atoms with van der Waals surface area (Å²) in [5, 5.41) is 3.61. The molecule has 1 aliphatic rings. The van der Waals surface area contributed by atoms with E-state index in [1.807, 2.05) is 7.11 Å². The molecule has 112 valence electrons. The molecule has 0 amide bonds. The summed E-state index contributed by atoms with van der Waals surface area (Å²) in [6.45, 7) is 7.35. The van der Waals surface area contributed by atoms with Crippen LogP contribution in [0.2, 0.25) is 0 Å². The van der Waals surface area contributed by atoms with Gasteiger partial charge in [-0.05, 0) is 61.9 Å². The van der Waals surface area contributed by atoms with Crippen LogP contribution in [0.1, 0.15) is 42.5 Å². The third-order valence-electron chi connectivity index (χ3n) is 4.23. The van der Waals surface area contributed by atoms with Gasteiger partial charge in [0.2, 0.25) is 0 Å². The lowest BCUT2D eigenvalue weighted by Crippen LogP contribution is -2.35. The minimum absolute atomic E-state index is 0.265. The van der Waals surface area contributed by atoms with E-state index < -0.39 is 0 Å². The fourth-order valence-electron chi connectivity index (χ4n) is 3.02. The first kappa shape index (κ1) is 15.3. The minimum atomic E-state index is 0.265. The van der Waals surface area contributed by atoms with Crippen molar-refractivity contribution >= 4 is 0 Å². The molecule has 1 fully saturated rings. The Morgan fingerprint density at radius 2 is 1.90 bits per heavy atom. The van der Waals surface area contributed by atoms with Crippen molar-refractivity contribution in [3.05, 3.63) is 28.8 Å². The van der Waals surface area contributed by atoms with Crippen LogP contribution >= 0.6 is 0 Å². The molecule has 2 atom stereocenters. The van der Waals surface area contributed by atoms with Gasteiger partial charge in [-0.2, -0.15) is 0 Å². The van der Waals surface area contributed by atoms with Crippen molar-refractivity contribution in [2.75, 3.05) is 20.8 Å². The number of benzene rings is 1. The van der Waals surface area contributed by atoms with Crippen LogP contribution < -0.4 is 10.1 Å². The second-order valence-corrected chi connectivity index (χ2v) is 5.75. The Hall–Kier alpha value is -1.06. The van der Waals surface area contributed by atoms with Crippen molar-refractivity contribution in [3.8, 4) is 5.75 Å². The maximum Gasteiger partial charge on any atom is 0.122 e. The summed E-state index contributed by atoms with van der Waals surface area (Å²) in [7, 11) is 3.56. The SMILES string of the molecule is CCNC(c1cc(C)c(OC)cc1C)C(OC)C1CC1. The van der Waals surface area contributed by atoms with Gasteiger partial charge in [-0.1, -0.05) is 13.0 Å². The van der Waals surface area contributed by atoms with E-state index in [1.165, 1.54) is 29.5 Å². The smallest absolute Gasteiger partial charge is 0.122 e. The number of nitrogens with one attached hydrogen (secondary N) is 1. The molecule has 0 aromatic heterocycles. The third-order valence-corrected chi connectivity index (χ3v) is 4.23. The van der Waals surface area contributed by atoms with Crippen molar-refractivity contribution in [2.45, 2.75) is 45.8 Å². The van der Waals surface area contributed by atoms with Gasteiger partial charge in [0.05, 0.1) is 19.3 Å². The van der Waals surface area contributed by atoms with Crippen LogP contribution in [0.4, 0.5) is 0 Å². The Balaban J connectivity index is 2.35. The summed E-state index contributed by atoms with van der Waals surface area (Å²) in [5.41, 5.74) is 3.78. The van der Waals surface area contributed by atoms with Crippen molar-refractivity contribution in [1.82, 2.24) is 5.32 Å². The Morgan fingerprint density at radius 3 is 2.40 bits per heavy atom. The normalized spacial score (nSPS) is 17.9. The summed E-state index contributed by atoms with van der Waals surface area (Å²) < 4.78 is 11.2. The number of aryl methyl sites for hydroxylation is 2. The van der Waals surface area contributed by atoms with E-state index in [2.05, 4.69) is 38.2 Å². The van der Waals surface area contributed by atoms with Gasteiger partial charge >= 0.3 is 0 Å². The molecule has 0 bridgehead atoms. The van der Waals surface area contributed by atoms with E-state index >= 15 is 0 Å². The summed E-state index contributed by atoms with van der Waals surface area (Å²) in [6, 6.07) is 4.65. The van der Waals surface area contributed by atoms with Gasteiger partial charge < -0.3 is 14.8 Å². The van der Waals surface area contributed by atoms with Gasteiger partial charge in [0.15, 0.2) is 0 Å². The first-order valence-electron chi connectivity index (χ1n) is 7.53. The van der Waals surface area contributed by atoms with Crippen LogP contribution in [-0.2, 0) is 4.74 Å². The van der Waals surface area contributed by atoms with Gasteiger partial charge in [-0.3, -0.25) is 0 Å². The Kier molecular flexibility index (Phi) is 5.06. The summed E-state index contributed by atoms with van der Waals surface area (Å²) in [5.74, 6) is 1.66. The highest BCUT2D eigenvalue weighted by molar-refractivity contribution is 5.43. The molecule has 0 saturated heterocycles. The topological polar surface area (TPSA) is 30.5 Å². The number of ether oxygens (including phenoxy) is 2. The van der Waals surface area contributed by atoms with Crippen LogP contribution in [0.15, 0.2) is 12.1 Å². The van der Waals surface area contributed by atoms with Gasteiger partial charge in [-0.15, -0.1) is 0 Å². The molecule has 3 heteroatoms. The number of hydrogen-bond acceptors (Lipinski definition) is 3. The molecule has 2 rings (SSSR count). The average Bonchev–Trinajstić information content (AvgIpc) is 3.25. The Morgan fingerprint density at radius 1 is 1.20 bits per heavy atom. The van der Waals surface area contributed by atoms with Crippen molar-refractivity contribution in [2.24, 2.45) is 5.92 Å². The summed E-state index contributed by atoms with van der Waals surface area (Å²) in [6.07, 6.45) is 2.84. The highest BCUT2D eigenvalue weighted by atomic mass is 16.5. The second kappa shape index (κ2) is 6.59. The predicted molar refractivity (Wildman–Crippen MR) is 82.4 cm³/mol. The third kappa shape index (κ3) is 3.15. The highest BCUT2D eigenvalue weighted by Gasteiger charge is 2.37. The molecule has 1 aliphatic carbocycles. The first-order chi connectivity index (χ1) is 9.62. The van der Waals surface area contributed by atoms with Gasteiger partial charge in [0, 0.05) is 7.11 Å². The van der Waals surface area contributed by atoms with E-state index in [0.29, 0.717) is 5.92 Å². The van der Waals surface area contributed by atoms with Crippen LogP contribution in [0, 0.1) is 19.8 Å². The molecule has 1 aromatic carbocycles. The van der Waals surface area contributed by atoms with Gasteiger partial charge in [0.25, 0.3) is 0 Å².